The van der Waals surface area contributed by atoms with E-state index in [0.717, 1.165) is 12.1 Å². The number of nitrogens with zero attached hydrogens (tertiary/aromatic N) is 1. The summed E-state index contributed by atoms with van der Waals surface area (Å²) in [5, 5.41) is 2.87. The van der Waals surface area contributed by atoms with E-state index >= 15 is 0 Å². The highest BCUT2D eigenvalue weighted by atomic mass is 19.4. The number of anilines is 1. The molecule has 0 fully saturated rings. The number of hydrogen-bond donors (Lipinski definition) is 1. The molecule has 100 valence electrons. The van der Waals surface area contributed by atoms with E-state index in [-0.39, 0.29) is 6.54 Å². The van der Waals surface area contributed by atoms with Gasteiger partial charge in [0.25, 0.3) is 0 Å². The Labute approximate surface area is 107 Å². The molecule has 6 heteroatoms. The summed E-state index contributed by atoms with van der Waals surface area (Å²) in [4.78, 5) is 3.44. The van der Waals surface area contributed by atoms with E-state index in [9.17, 15) is 17.6 Å². The highest BCUT2D eigenvalue weighted by Crippen LogP contribution is 2.29. The van der Waals surface area contributed by atoms with E-state index in [0.29, 0.717) is 11.3 Å². The number of alkyl halides is 3. The largest absolute Gasteiger partial charge is 0.416 e. The summed E-state index contributed by atoms with van der Waals surface area (Å²) >= 11 is 0. The maximum atomic E-state index is 12.6. The van der Waals surface area contributed by atoms with Crippen LogP contribution in [0.15, 0.2) is 42.6 Å². The summed E-state index contributed by atoms with van der Waals surface area (Å²) in [7, 11) is 0. The Kier molecular flexibility index (Phi) is 3.69. The average Bonchev–Trinajstić information content (AvgIpc) is 2.37. The lowest BCUT2D eigenvalue weighted by Crippen LogP contribution is -2.07. The van der Waals surface area contributed by atoms with Crippen molar-refractivity contribution < 1.29 is 17.6 Å². The quantitative estimate of drug-likeness (QED) is 0.677. The Balaban J connectivity index is 2.05. The first-order valence-electron chi connectivity index (χ1n) is 5.47. The van der Waals surface area contributed by atoms with Gasteiger partial charge in [0.15, 0.2) is 0 Å². The van der Waals surface area contributed by atoms with Gasteiger partial charge in [0, 0.05) is 6.54 Å². The Morgan fingerprint density at radius 2 is 1.89 bits per heavy atom. The minimum Gasteiger partial charge on any atom is -0.380 e. The van der Waals surface area contributed by atoms with Crippen molar-refractivity contribution in [1.29, 1.82) is 0 Å². The molecule has 0 atom stereocenters. The molecule has 0 aliphatic heterocycles. The first-order valence-corrected chi connectivity index (χ1v) is 5.47. The molecule has 0 aliphatic carbocycles. The lowest BCUT2D eigenvalue weighted by molar-refractivity contribution is -0.137. The minimum atomic E-state index is -4.35. The highest BCUT2D eigenvalue weighted by Gasteiger charge is 2.30. The molecule has 2 aromatic rings. The molecular formula is C13H10F4N2. The van der Waals surface area contributed by atoms with Crippen molar-refractivity contribution in [2.45, 2.75) is 12.7 Å². The number of pyridine rings is 1. The predicted molar refractivity (Wildman–Crippen MR) is 63.0 cm³/mol. The second kappa shape index (κ2) is 5.26. The smallest absolute Gasteiger partial charge is 0.380 e. The van der Waals surface area contributed by atoms with E-state index < -0.39 is 17.7 Å². The van der Waals surface area contributed by atoms with E-state index in [2.05, 4.69) is 10.3 Å². The van der Waals surface area contributed by atoms with Gasteiger partial charge in [-0.15, -0.1) is 0 Å². The van der Waals surface area contributed by atoms with Crippen LogP contribution in [-0.4, -0.2) is 4.98 Å². The molecule has 2 rings (SSSR count). The third kappa shape index (κ3) is 3.67. The van der Waals surface area contributed by atoms with Gasteiger partial charge in [0.05, 0.1) is 17.4 Å². The van der Waals surface area contributed by atoms with Crippen LogP contribution in [0.2, 0.25) is 0 Å². The first-order chi connectivity index (χ1) is 8.95. The normalized spacial score (nSPS) is 11.4. The third-order valence-electron chi connectivity index (χ3n) is 2.48. The molecule has 1 aromatic heterocycles. The Morgan fingerprint density at radius 3 is 2.53 bits per heavy atom. The number of aromatic nitrogens is 1. The van der Waals surface area contributed by atoms with Crippen molar-refractivity contribution in [1.82, 2.24) is 4.98 Å². The van der Waals surface area contributed by atoms with Crippen LogP contribution in [0, 0.1) is 5.95 Å². The van der Waals surface area contributed by atoms with E-state index in [1.54, 1.807) is 6.07 Å². The SMILES string of the molecule is Fc1ccc(NCc2cccc(C(F)(F)F)c2)cn1. The fourth-order valence-electron chi connectivity index (χ4n) is 1.54. The summed E-state index contributed by atoms with van der Waals surface area (Å²) in [5.74, 6) is -0.607. The van der Waals surface area contributed by atoms with Crippen LogP contribution in [0.4, 0.5) is 23.2 Å². The van der Waals surface area contributed by atoms with Gasteiger partial charge < -0.3 is 5.32 Å². The molecule has 2 nitrogen and oxygen atoms in total. The van der Waals surface area contributed by atoms with Gasteiger partial charge in [0.1, 0.15) is 0 Å². The van der Waals surface area contributed by atoms with Crippen LogP contribution in [0.25, 0.3) is 0 Å². The van der Waals surface area contributed by atoms with Gasteiger partial charge in [-0.25, -0.2) is 4.98 Å². The monoisotopic (exact) mass is 270 g/mol. The van der Waals surface area contributed by atoms with Crippen molar-refractivity contribution in [2.75, 3.05) is 5.32 Å². The van der Waals surface area contributed by atoms with Crippen molar-refractivity contribution in [3.8, 4) is 0 Å². The fraction of sp³-hybridized carbons (Fsp3) is 0.154. The Bertz CT molecular complexity index is 549. The van der Waals surface area contributed by atoms with Crippen LogP contribution in [0.5, 0.6) is 0 Å². The second-order valence-corrected chi connectivity index (χ2v) is 3.92. The maximum absolute atomic E-state index is 12.6. The molecule has 1 N–H and O–H groups in total. The zero-order valence-electron chi connectivity index (χ0n) is 9.71. The van der Waals surface area contributed by atoms with Crippen LogP contribution in [-0.2, 0) is 12.7 Å². The van der Waals surface area contributed by atoms with Crippen molar-refractivity contribution in [2.24, 2.45) is 0 Å². The highest BCUT2D eigenvalue weighted by molar-refractivity contribution is 5.41. The molecule has 0 radical (unpaired) electrons. The molecule has 0 saturated heterocycles. The third-order valence-corrected chi connectivity index (χ3v) is 2.48. The van der Waals surface area contributed by atoms with E-state index in [1.807, 2.05) is 0 Å². The molecule has 0 amide bonds. The zero-order valence-corrected chi connectivity index (χ0v) is 9.71. The van der Waals surface area contributed by atoms with E-state index in [4.69, 9.17) is 0 Å². The molecule has 1 heterocycles. The summed E-state index contributed by atoms with van der Waals surface area (Å²) in [6, 6.07) is 7.67. The van der Waals surface area contributed by atoms with Crippen molar-refractivity contribution in [3.63, 3.8) is 0 Å². The summed E-state index contributed by atoms with van der Waals surface area (Å²) < 4.78 is 50.1. The second-order valence-electron chi connectivity index (χ2n) is 3.92. The van der Waals surface area contributed by atoms with Crippen LogP contribution >= 0.6 is 0 Å². The van der Waals surface area contributed by atoms with Crippen LogP contribution in [0.3, 0.4) is 0 Å². The molecule has 1 aromatic carbocycles. The van der Waals surface area contributed by atoms with Gasteiger partial charge in [-0.3, -0.25) is 0 Å². The number of benzene rings is 1. The molecule has 0 unspecified atom stereocenters. The fourth-order valence-corrected chi connectivity index (χ4v) is 1.54. The average molecular weight is 270 g/mol. The van der Waals surface area contributed by atoms with Gasteiger partial charge in [-0.2, -0.15) is 17.6 Å². The van der Waals surface area contributed by atoms with Crippen molar-refractivity contribution >= 4 is 5.69 Å². The lowest BCUT2D eigenvalue weighted by atomic mass is 10.1. The predicted octanol–water partition coefficient (Wildman–Crippen LogP) is 3.85. The van der Waals surface area contributed by atoms with Gasteiger partial charge in [-0.05, 0) is 29.8 Å². The standard InChI is InChI=1S/C13H10F4N2/c14-12-5-4-11(8-19-12)18-7-9-2-1-3-10(6-9)13(15,16)17/h1-6,8,18H,7H2. The molecule has 0 spiro atoms. The Hall–Kier alpha value is -2.11. The summed E-state index contributed by atoms with van der Waals surface area (Å²) in [6.45, 7) is 0.206. The molecule has 19 heavy (non-hydrogen) atoms. The minimum absolute atomic E-state index is 0.206. The molecule has 0 bridgehead atoms. The van der Waals surface area contributed by atoms with Gasteiger partial charge >= 0.3 is 6.18 Å². The molecule has 0 saturated carbocycles. The molecular weight excluding hydrogens is 260 g/mol. The summed E-state index contributed by atoms with van der Waals surface area (Å²) in [6.07, 6.45) is -3.07. The van der Waals surface area contributed by atoms with E-state index in [1.165, 1.54) is 24.4 Å². The number of halogens is 4. The topological polar surface area (TPSA) is 24.9 Å². The first kappa shape index (κ1) is 13.3. The molecule has 0 aliphatic rings. The lowest BCUT2D eigenvalue weighted by Gasteiger charge is -2.10. The van der Waals surface area contributed by atoms with Crippen molar-refractivity contribution in [3.05, 3.63) is 59.7 Å². The summed E-state index contributed by atoms with van der Waals surface area (Å²) in [5.41, 5.74) is 0.335. The van der Waals surface area contributed by atoms with Crippen LogP contribution < -0.4 is 5.32 Å². The van der Waals surface area contributed by atoms with Gasteiger partial charge in [0.2, 0.25) is 5.95 Å². The van der Waals surface area contributed by atoms with Crippen LogP contribution in [0.1, 0.15) is 11.1 Å². The number of nitrogens with one attached hydrogen (secondary N) is 1. The number of rotatable bonds is 3. The zero-order chi connectivity index (χ0) is 13.9. The van der Waals surface area contributed by atoms with Gasteiger partial charge in [-0.1, -0.05) is 12.1 Å². The number of hydrogen-bond acceptors (Lipinski definition) is 2. The Morgan fingerprint density at radius 1 is 1.11 bits per heavy atom. The maximum Gasteiger partial charge on any atom is 0.416 e.